The minimum atomic E-state index is -0.341. The molecule has 0 radical (unpaired) electrons. The minimum absolute atomic E-state index is 0.0944. The van der Waals surface area contributed by atoms with E-state index in [9.17, 15) is 10.1 Å². The average Bonchev–Trinajstić information content (AvgIpc) is 2.36. The molecule has 0 saturated heterocycles. The molecule has 0 aromatic carbocycles. The Morgan fingerprint density at radius 2 is 2.29 bits per heavy atom. The summed E-state index contributed by atoms with van der Waals surface area (Å²) < 4.78 is 6.70. The van der Waals surface area contributed by atoms with Gasteiger partial charge in [0, 0.05) is 24.0 Å². The summed E-state index contributed by atoms with van der Waals surface area (Å²) in [4.78, 5) is 9.89. The third kappa shape index (κ3) is 2.01. The second-order valence-corrected chi connectivity index (χ2v) is 3.00. The van der Waals surface area contributed by atoms with Gasteiger partial charge in [0.1, 0.15) is 0 Å². The third-order valence-corrected chi connectivity index (χ3v) is 2.03. The van der Waals surface area contributed by atoms with Crippen molar-refractivity contribution in [1.29, 1.82) is 0 Å². The van der Waals surface area contributed by atoms with Gasteiger partial charge in [0.05, 0.1) is 12.8 Å². The van der Waals surface area contributed by atoms with Crippen LogP contribution in [0, 0.1) is 17.0 Å². The summed E-state index contributed by atoms with van der Waals surface area (Å²) in [5, 5.41) is 14.4. The second-order valence-electron chi connectivity index (χ2n) is 3.00. The Morgan fingerprint density at radius 3 is 2.79 bits per heavy atom. The number of rotatable bonds is 4. The predicted molar refractivity (Wildman–Crippen MR) is 50.1 cm³/mol. The number of ether oxygens (including phenoxy) is 1. The quantitative estimate of drug-likeness (QED) is 0.524. The Labute approximate surface area is 81.6 Å². The van der Waals surface area contributed by atoms with Crippen molar-refractivity contribution >= 4 is 0 Å². The van der Waals surface area contributed by atoms with E-state index in [0.717, 1.165) is 11.3 Å². The van der Waals surface area contributed by atoms with Crippen LogP contribution in [0.2, 0.25) is 0 Å². The van der Waals surface area contributed by atoms with Crippen LogP contribution in [0.4, 0.5) is 0 Å². The van der Waals surface area contributed by atoms with Crippen LogP contribution in [0.3, 0.4) is 0 Å². The molecule has 78 valence electrons. The molecule has 0 bridgehead atoms. The Bertz CT molecular complexity index is 346. The molecule has 0 N–H and O–H groups in total. The molecule has 0 saturated carbocycles. The number of hydrogen-bond donors (Lipinski definition) is 0. The van der Waals surface area contributed by atoms with Gasteiger partial charge in [-0.3, -0.25) is 10.1 Å². The van der Waals surface area contributed by atoms with Gasteiger partial charge in [-0.25, -0.2) is 4.68 Å². The van der Waals surface area contributed by atoms with Gasteiger partial charge >= 0.3 is 0 Å². The lowest BCUT2D eigenvalue weighted by molar-refractivity contribution is -0.479. The summed E-state index contributed by atoms with van der Waals surface area (Å²) >= 11 is 0. The summed E-state index contributed by atoms with van der Waals surface area (Å²) in [5.41, 5.74) is 1.60. The highest BCUT2D eigenvalue weighted by atomic mass is 16.6. The van der Waals surface area contributed by atoms with Crippen molar-refractivity contribution in [2.24, 2.45) is 7.05 Å². The van der Waals surface area contributed by atoms with Gasteiger partial charge in [-0.2, -0.15) is 5.10 Å². The lowest BCUT2D eigenvalue weighted by Crippen LogP contribution is -2.05. The molecular weight excluding hydrogens is 186 g/mol. The fourth-order valence-corrected chi connectivity index (χ4v) is 1.43. The molecule has 0 fully saturated rings. The maximum Gasteiger partial charge on any atom is 0.215 e. The maximum absolute atomic E-state index is 10.2. The van der Waals surface area contributed by atoms with Crippen molar-refractivity contribution in [2.75, 3.05) is 13.7 Å². The number of aryl methyl sites for hydroxylation is 2. The molecule has 1 heterocycles. The summed E-state index contributed by atoms with van der Waals surface area (Å²) in [5.74, 6) is 0.601. The van der Waals surface area contributed by atoms with E-state index in [-0.39, 0.29) is 11.5 Å². The van der Waals surface area contributed by atoms with Crippen molar-refractivity contribution in [1.82, 2.24) is 9.78 Å². The fourth-order valence-electron chi connectivity index (χ4n) is 1.43. The van der Waals surface area contributed by atoms with Crippen molar-refractivity contribution in [3.8, 4) is 5.88 Å². The number of aromatic nitrogens is 2. The Balaban J connectivity index is 2.88. The van der Waals surface area contributed by atoms with Gasteiger partial charge in [0.15, 0.2) is 0 Å². The molecule has 0 aliphatic carbocycles. The Hall–Kier alpha value is -1.59. The Kier molecular flexibility index (Phi) is 3.06. The van der Waals surface area contributed by atoms with Crippen LogP contribution >= 0.6 is 0 Å². The van der Waals surface area contributed by atoms with E-state index in [2.05, 4.69) is 5.10 Å². The molecule has 0 aliphatic rings. The molecule has 6 heteroatoms. The maximum atomic E-state index is 10.2. The zero-order valence-electron chi connectivity index (χ0n) is 8.48. The molecule has 0 atom stereocenters. The molecular formula is C8H13N3O3. The lowest BCUT2D eigenvalue weighted by atomic mass is 10.2. The normalized spacial score (nSPS) is 10.2. The number of nitro groups is 1. The lowest BCUT2D eigenvalue weighted by Gasteiger charge is -2.02. The molecule has 6 nitrogen and oxygen atoms in total. The van der Waals surface area contributed by atoms with Crippen LogP contribution in [-0.2, 0) is 13.5 Å². The molecule has 1 rings (SSSR count). The zero-order chi connectivity index (χ0) is 10.7. The number of nitrogens with zero attached hydrogens (tertiary/aromatic N) is 3. The first kappa shape index (κ1) is 10.5. The van der Waals surface area contributed by atoms with Crippen molar-refractivity contribution < 1.29 is 9.66 Å². The van der Waals surface area contributed by atoms with E-state index in [1.807, 2.05) is 6.92 Å². The first-order valence-electron chi connectivity index (χ1n) is 4.24. The van der Waals surface area contributed by atoms with E-state index >= 15 is 0 Å². The first-order chi connectivity index (χ1) is 6.56. The topological polar surface area (TPSA) is 70.2 Å². The zero-order valence-corrected chi connectivity index (χ0v) is 8.48. The highest BCUT2D eigenvalue weighted by Gasteiger charge is 2.15. The van der Waals surface area contributed by atoms with E-state index in [0.29, 0.717) is 12.3 Å². The van der Waals surface area contributed by atoms with Crippen LogP contribution in [0.5, 0.6) is 5.88 Å². The number of hydrogen-bond acceptors (Lipinski definition) is 4. The van der Waals surface area contributed by atoms with Crippen LogP contribution < -0.4 is 4.74 Å². The van der Waals surface area contributed by atoms with Gasteiger partial charge in [0.25, 0.3) is 0 Å². The summed E-state index contributed by atoms with van der Waals surface area (Å²) in [7, 11) is 3.29. The first-order valence-corrected chi connectivity index (χ1v) is 4.24. The highest BCUT2D eigenvalue weighted by Crippen LogP contribution is 2.21. The highest BCUT2D eigenvalue weighted by molar-refractivity contribution is 5.30. The molecule has 1 aromatic heterocycles. The smallest absolute Gasteiger partial charge is 0.215 e. The fraction of sp³-hybridized carbons (Fsp3) is 0.625. The predicted octanol–water partition coefficient (Wildman–Crippen LogP) is 0.556. The van der Waals surface area contributed by atoms with Crippen LogP contribution in [-0.4, -0.2) is 28.4 Å². The molecule has 1 aromatic rings. The SMILES string of the molecule is COc1c(CC[N+](=O)[O-])c(C)nn1C. The van der Waals surface area contributed by atoms with Crippen LogP contribution in [0.25, 0.3) is 0 Å². The number of methoxy groups -OCH3 is 1. The third-order valence-electron chi connectivity index (χ3n) is 2.03. The van der Waals surface area contributed by atoms with Crippen molar-refractivity contribution in [3.63, 3.8) is 0 Å². The summed E-state index contributed by atoms with van der Waals surface area (Å²) in [6, 6.07) is 0. The van der Waals surface area contributed by atoms with E-state index in [4.69, 9.17) is 4.74 Å². The average molecular weight is 199 g/mol. The van der Waals surface area contributed by atoms with Crippen molar-refractivity contribution in [3.05, 3.63) is 21.4 Å². The molecule has 14 heavy (non-hydrogen) atoms. The van der Waals surface area contributed by atoms with Gasteiger partial charge in [0.2, 0.25) is 12.4 Å². The molecule has 0 aliphatic heterocycles. The van der Waals surface area contributed by atoms with Gasteiger partial charge in [-0.15, -0.1) is 0 Å². The van der Waals surface area contributed by atoms with Crippen LogP contribution in [0.1, 0.15) is 11.3 Å². The monoisotopic (exact) mass is 199 g/mol. The summed E-state index contributed by atoms with van der Waals surface area (Å²) in [6.45, 7) is 1.72. The molecule has 0 spiro atoms. The van der Waals surface area contributed by atoms with Gasteiger partial charge in [-0.05, 0) is 6.92 Å². The van der Waals surface area contributed by atoms with Gasteiger partial charge < -0.3 is 4.74 Å². The van der Waals surface area contributed by atoms with E-state index in [1.54, 1.807) is 11.7 Å². The van der Waals surface area contributed by atoms with Gasteiger partial charge in [-0.1, -0.05) is 0 Å². The minimum Gasteiger partial charge on any atom is -0.481 e. The second kappa shape index (κ2) is 4.08. The largest absolute Gasteiger partial charge is 0.481 e. The molecule has 0 amide bonds. The standard InChI is InChI=1S/C8H13N3O3/c1-6-7(4-5-11(12)13)8(14-3)10(2)9-6/h4-5H2,1-3H3. The Morgan fingerprint density at radius 1 is 1.64 bits per heavy atom. The summed E-state index contributed by atoms with van der Waals surface area (Å²) in [6.07, 6.45) is 0.357. The van der Waals surface area contributed by atoms with E-state index in [1.165, 1.54) is 7.11 Å². The van der Waals surface area contributed by atoms with Crippen LogP contribution in [0.15, 0.2) is 0 Å². The van der Waals surface area contributed by atoms with E-state index < -0.39 is 0 Å². The van der Waals surface area contributed by atoms with Crippen molar-refractivity contribution in [2.45, 2.75) is 13.3 Å². The molecule has 0 unspecified atom stereocenters.